The molecule has 1 aromatic carbocycles. The second-order valence-electron chi connectivity index (χ2n) is 4.40. The molecule has 0 aliphatic carbocycles. The quantitative estimate of drug-likeness (QED) is 0.930. The second-order valence-corrected chi connectivity index (χ2v) is 7.96. The van der Waals surface area contributed by atoms with Crippen LogP contribution in [0, 0.1) is 0 Å². The standard InChI is InChI=1S/C11H16BrNO2S/c1-11(2,16(3,14)15)8-13-10-6-4-5-9(12)7-10/h4-7,13H,8H2,1-3H3. The van der Waals surface area contributed by atoms with Gasteiger partial charge in [-0.25, -0.2) is 8.42 Å². The third kappa shape index (κ3) is 3.49. The van der Waals surface area contributed by atoms with E-state index in [0.717, 1.165) is 10.2 Å². The van der Waals surface area contributed by atoms with Crippen LogP contribution in [0.25, 0.3) is 0 Å². The molecular weight excluding hydrogens is 290 g/mol. The molecule has 0 fully saturated rings. The van der Waals surface area contributed by atoms with Gasteiger partial charge in [0.2, 0.25) is 0 Å². The Morgan fingerprint density at radius 3 is 2.50 bits per heavy atom. The van der Waals surface area contributed by atoms with E-state index in [4.69, 9.17) is 0 Å². The van der Waals surface area contributed by atoms with Crippen LogP contribution in [0.4, 0.5) is 5.69 Å². The summed E-state index contributed by atoms with van der Waals surface area (Å²) < 4.78 is 23.2. The van der Waals surface area contributed by atoms with Crippen molar-refractivity contribution in [2.24, 2.45) is 0 Å². The molecule has 1 N–H and O–H groups in total. The maximum absolute atomic E-state index is 11.5. The summed E-state index contributed by atoms with van der Waals surface area (Å²) in [6.07, 6.45) is 1.26. The third-order valence-corrected chi connectivity index (χ3v) is 5.19. The zero-order valence-corrected chi connectivity index (χ0v) is 12.0. The van der Waals surface area contributed by atoms with Gasteiger partial charge < -0.3 is 5.32 Å². The zero-order chi connectivity index (χ0) is 12.4. The van der Waals surface area contributed by atoms with E-state index in [1.54, 1.807) is 13.8 Å². The van der Waals surface area contributed by atoms with Crippen molar-refractivity contribution in [3.8, 4) is 0 Å². The summed E-state index contributed by atoms with van der Waals surface area (Å²) in [5, 5.41) is 3.12. The first-order chi connectivity index (χ1) is 7.22. The van der Waals surface area contributed by atoms with Gasteiger partial charge in [0, 0.05) is 23.0 Å². The SMILES string of the molecule is CC(C)(CNc1cccc(Br)c1)S(C)(=O)=O. The number of halogens is 1. The molecule has 1 rings (SSSR count). The molecule has 0 amide bonds. The normalized spacial score (nSPS) is 12.5. The Hall–Kier alpha value is -0.550. The average molecular weight is 306 g/mol. The molecule has 0 radical (unpaired) electrons. The van der Waals surface area contributed by atoms with Gasteiger partial charge in [0.15, 0.2) is 9.84 Å². The van der Waals surface area contributed by atoms with Gasteiger partial charge in [0.25, 0.3) is 0 Å². The highest BCUT2D eigenvalue weighted by Crippen LogP contribution is 2.19. The molecule has 90 valence electrons. The summed E-state index contributed by atoms with van der Waals surface area (Å²) in [4.78, 5) is 0. The van der Waals surface area contributed by atoms with Gasteiger partial charge >= 0.3 is 0 Å². The Kier molecular flexibility index (Phi) is 4.02. The van der Waals surface area contributed by atoms with Crippen molar-refractivity contribution >= 4 is 31.5 Å². The van der Waals surface area contributed by atoms with Crippen LogP contribution in [0.15, 0.2) is 28.7 Å². The van der Waals surface area contributed by atoms with Crippen LogP contribution in [-0.4, -0.2) is 26.0 Å². The van der Waals surface area contributed by atoms with Crippen molar-refractivity contribution in [2.75, 3.05) is 18.1 Å². The minimum absolute atomic E-state index is 0.391. The van der Waals surface area contributed by atoms with Crippen molar-refractivity contribution in [1.29, 1.82) is 0 Å². The lowest BCUT2D eigenvalue weighted by atomic mass is 10.2. The van der Waals surface area contributed by atoms with Crippen LogP contribution in [0.1, 0.15) is 13.8 Å². The molecule has 3 nitrogen and oxygen atoms in total. The smallest absolute Gasteiger partial charge is 0.154 e. The second kappa shape index (κ2) is 4.75. The van der Waals surface area contributed by atoms with Crippen LogP contribution in [-0.2, 0) is 9.84 Å². The van der Waals surface area contributed by atoms with Gasteiger partial charge in [-0.3, -0.25) is 0 Å². The van der Waals surface area contributed by atoms with Gasteiger partial charge in [-0.05, 0) is 32.0 Å². The molecule has 0 aliphatic heterocycles. The number of sulfone groups is 1. The van der Waals surface area contributed by atoms with E-state index in [2.05, 4.69) is 21.2 Å². The number of nitrogens with one attached hydrogen (secondary N) is 1. The number of rotatable bonds is 4. The summed E-state index contributed by atoms with van der Waals surface area (Å²) in [5.74, 6) is 0. The van der Waals surface area contributed by atoms with E-state index < -0.39 is 14.6 Å². The number of anilines is 1. The van der Waals surface area contributed by atoms with Crippen molar-refractivity contribution in [2.45, 2.75) is 18.6 Å². The van der Waals surface area contributed by atoms with Gasteiger partial charge in [0.05, 0.1) is 4.75 Å². The molecule has 0 heterocycles. The van der Waals surface area contributed by atoms with Crippen molar-refractivity contribution < 1.29 is 8.42 Å². The Balaban J connectivity index is 2.72. The third-order valence-electron chi connectivity index (χ3n) is 2.55. The van der Waals surface area contributed by atoms with Gasteiger partial charge in [-0.2, -0.15) is 0 Å². The highest BCUT2D eigenvalue weighted by atomic mass is 79.9. The van der Waals surface area contributed by atoms with E-state index in [1.165, 1.54) is 6.26 Å². The van der Waals surface area contributed by atoms with E-state index >= 15 is 0 Å². The molecule has 0 saturated carbocycles. The summed E-state index contributed by atoms with van der Waals surface area (Å²) in [7, 11) is -3.06. The average Bonchev–Trinajstić information content (AvgIpc) is 2.13. The van der Waals surface area contributed by atoms with Crippen molar-refractivity contribution in [1.82, 2.24) is 0 Å². The van der Waals surface area contributed by atoms with Crippen LogP contribution >= 0.6 is 15.9 Å². The van der Waals surface area contributed by atoms with E-state index in [9.17, 15) is 8.42 Å². The molecule has 5 heteroatoms. The molecule has 0 unspecified atom stereocenters. The van der Waals surface area contributed by atoms with Crippen molar-refractivity contribution in [3.63, 3.8) is 0 Å². The fourth-order valence-electron chi connectivity index (χ4n) is 1.04. The van der Waals surface area contributed by atoms with Crippen LogP contribution < -0.4 is 5.32 Å². The van der Waals surface area contributed by atoms with Crippen LogP contribution in [0.5, 0.6) is 0 Å². The predicted octanol–water partition coefficient (Wildman–Crippen LogP) is 2.68. The van der Waals surface area contributed by atoms with Crippen LogP contribution in [0.3, 0.4) is 0 Å². The highest BCUT2D eigenvalue weighted by molar-refractivity contribution is 9.10. The number of hydrogen-bond acceptors (Lipinski definition) is 3. The van der Waals surface area contributed by atoms with Gasteiger partial charge in [-0.15, -0.1) is 0 Å². The Morgan fingerprint density at radius 2 is 2.00 bits per heavy atom. The van der Waals surface area contributed by atoms with E-state index in [0.29, 0.717) is 6.54 Å². The molecule has 0 aliphatic rings. The first-order valence-corrected chi connectivity index (χ1v) is 7.60. The molecule has 0 saturated heterocycles. The Bertz CT molecular complexity index is 469. The van der Waals surface area contributed by atoms with Crippen LogP contribution in [0.2, 0.25) is 0 Å². The van der Waals surface area contributed by atoms with Crippen molar-refractivity contribution in [3.05, 3.63) is 28.7 Å². The van der Waals surface area contributed by atoms with E-state index in [-0.39, 0.29) is 0 Å². The fourth-order valence-corrected chi connectivity index (χ4v) is 1.78. The lowest BCUT2D eigenvalue weighted by molar-refractivity contribution is 0.560. The fraction of sp³-hybridized carbons (Fsp3) is 0.455. The first kappa shape index (κ1) is 13.5. The van der Waals surface area contributed by atoms with Gasteiger partial charge in [-0.1, -0.05) is 22.0 Å². The predicted molar refractivity (Wildman–Crippen MR) is 71.6 cm³/mol. The molecule has 0 spiro atoms. The Morgan fingerprint density at radius 1 is 1.38 bits per heavy atom. The molecule has 0 atom stereocenters. The molecule has 0 bridgehead atoms. The summed E-state index contributed by atoms with van der Waals surface area (Å²) >= 11 is 3.36. The largest absolute Gasteiger partial charge is 0.383 e. The number of benzene rings is 1. The summed E-state index contributed by atoms with van der Waals surface area (Å²) in [6.45, 7) is 3.82. The molecule has 0 aromatic heterocycles. The molecular formula is C11H16BrNO2S. The molecule has 1 aromatic rings. The minimum atomic E-state index is -3.06. The highest BCUT2D eigenvalue weighted by Gasteiger charge is 2.29. The first-order valence-electron chi connectivity index (χ1n) is 4.91. The summed E-state index contributed by atoms with van der Waals surface area (Å²) in [5.41, 5.74) is 0.908. The minimum Gasteiger partial charge on any atom is -0.383 e. The lowest BCUT2D eigenvalue weighted by Gasteiger charge is -2.23. The van der Waals surface area contributed by atoms with E-state index in [1.807, 2.05) is 24.3 Å². The molecule has 16 heavy (non-hydrogen) atoms. The maximum Gasteiger partial charge on any atom is 0.154 e. The topological polar surface area (TPSA) is 46.2 Å². The number of hydrogen-bond donors (Lipinski definition) is 1. The van der Waals surface area contributed by atoms with Gasteiger partial charge in [0.1, 0.15) is 0 Å². The monoisotopic (exact) mass is 305 g/mol. The maximum atomic E-state index is 11.5. The lowest BCUT2D eigenvalue weighted by Crippen LogP contribution is -2.38. The Labute approximate surface area is 105 Å². The zero-order valence-electron chi connectivity index (χ0n) is 9.62. The summed E-state index contributed by atoms with van der Waals surface area (Å²) in [6, 6.07) is 7.65.